The molecule has 3 aromatic rings. The molecule has 0 fully saturated rings. The van der Waals surface area contributed by atoms with E-state index < -0.39 is 0 Å². The molecule has 0 aliphatic rings. The molecule has 0 bridgehead atoms. The molecule has 0 saturated heterocycles. The van der Waals surface area contributed by atoms with Crippen molar-refractivity contribution in [3.05, 3.63) is 73.8 Å². The molecule has 2 aromatic carbocycles. The lowest BCUT2D eigenvalue weighted by Crippen LogP contribution is -2.24. The van der Waals surface area contributed by atoms with Gasteiger partial charge >= 0.3 is 0 Å². The normalized spacial score (nSPS) is 10.8. The zero-order valence-electron chi connectivity index (χ0n) is 11.9. The first-order valence-electron chi connectivity index (χ1n) is 6.80. The topological polar surface area (TPSA) is 52.0 Å². The van der Waals surface area contributed by atoms with Gasteiger partial charge in [-0.3, -0.25) is 14.2 Å². The van der Waals surface area contributed by atoms with Crippen molar-refractivity contribution in [2.75, 3.05) is 0 Å². The Labute approximate surface area is 140 Å². The van der Waals surface area contributed by atoms with Crippen molar-refractivity contribution >= 4 is 39.3 Å². The number of halogens is 1. The number of hydrogen-bond donors (Lipinski definition) is 0. The van der Waals surface area contributed by atoms with E-state index in [0.29, 0.717) is 16.5 Å². The van der Waals surface area contributed by atoms with Gasteiger partial charge in [-0.2, -0.15) is 0 Å². The average molecular weight is 404 g/mol. The van der Waals surface area contributed by atoms with Gasteiger partial charge in [0, 0.05) is 9.13 Å². The van der Waals surface area contributed by atoms with Crippen LogP contribution in [-0.2, 0) is 6.54 Å². The third-order valence-electron chi connectivity index (χ3n) is 3.54. The fourth-order valence-corrected chi connectivity index (χ4v) is 2.69. The fraction of sp³-hybridized carbons (Fsp3) is 0.118. The fourth-order valence-electron chi connectivity index (χ4n) is 2.33. The van der Waals surface area contributed by atoms with Crippen LogP contribution in [0, 0.1) is 10.5 Å². The van der Waals surface area contributed by atoms with Crippen LogP contribution in [0.15, 0.2) is 53.6 Å². The summed E-state index contributed by atoms with van der Waals surface area (Å²) >= 11 is 2.18. The van der Waals surface area contributed by atoms with Crippen LogP contribution in [-0.4, -0.2) is 15.3 Å². The van der Waals surface area contributed by atoms with Gasteiger partial charge in [0.15, 0.2) is 5.78 Å². The van der Waals surface area contributed by atoms with Crippen molar-refractivity contribution in [2.24, 2.45) is 0 Å². The molecular weight excluding hydrogens is 391 g/mol. The van der Waals surface area contributed by atoms with Crippen LogP contribution in [0.1, 0.15) is 15.9 Å². The summed E-state index contributed by atoms with van der Waals surface area (Å²) in [7, 11) is 0. The zero-order valence-corrected chi connectivity index (χ0v) is 14.1. The Morgan fingerprint density at radius 3 is 2.64 bits per heavy atom. The predicted molar refractivity (Wildman–Crippen MR) is 94.2 cm³/mol. The Morgan fingerprint density at radius 1 is 1.18 bits per heavy atom. The molecule has 5 heteroatoms. The number of carbonyl (C=O) groups is 1. The van der Waals surface area contributed by atoms with Crippen LogP contribution < -0.4 is 5.56 Å². The maximum atomic E-state index is 12.5. The van der Waals surface area contributed by atoms with Gasteiger partial charge in [0.25, 0.3) is 5.56 Å². The number of benzene rings is 2. The van der Waals surface area contributed by atoms with E-state index in [4.69, 9.17) is 0 Å². The number of Topliss-reactive ketones (excluding diaryl/α,β-unsaturated/α-hetero) is 1. The van der Waals surface area contributed by atoms with Crippen LogP contribution in [0.3, 0.4) is 0 Å². The standard InChI is InChI=1S/C17H13IN2O2/c1-11-3-2-4-14-16(11)19-10-20(17(14)22)9-15(21)12-5-7-13(18)8-6-12/h2-8,10H,9H2,1H3. The van der Waals surface area contributed by atoms with Crippen LogP contribution in [0.5, 0.6) is 0 Å². The lowest BCUT2D eigenvalue weighted by atomic mass is 10.1. The van der Waals surface area contributed by atoms with Gasteiger partial charge in [-0.25, -0.2) is 4.98 Å². The van der Waals surface area contributed by atoms with Crippen molar-refractivity contribution in [2.45, 2.75) is 13.5 Å². The van der Waals surface area contributed by atoms with Crippen molar-refractivity contribution < 1.29 is 4.79 Å². The molecule has 0 aliphatic carbocycles. The molecular formula is C17H13IN2O2. The second kappa shape index (κ2) is 6.00. The van der Waals surface area contributed by atoms with Crippen LogP contribution in [0.25, 0.3) is 10.9 Å². The van der Waals surface area contributed by atoms with Crippen molar-refractivity contribution in [1.82, 2.24) is 9.55 Å². The summed E-state index contributed by atoms with van der Waals surface area (Å²) in [5.74, 6) is -0.104. The Morgan fingerprint density at radius 2 is 1.91 bits per heavy atom. The summed E-state index contributed by atoms with van der Waals surface area (Å²) in [5.41, 5.74) is 2.04. The maximum Gasteiger partial charge on any atom is 0.261 e. The van der Waals surface area contributed by atoms with Gasteiger partial charge in [-0.05, 0) is 53.3 Å². The third kappa shape index (κ3) is 2.81. The zero-order chi connectivity index (χ0) is 15.7. The van der Waals surface area contributed by atoms with Crippen LogP contribution >= 0.6 is 22.6 Å². The highest BCUT2D eigenvalue weighted by Gasteiger charge is 2.10. The number of para-hydroxylation sites is 1. The quantitative estimate of drug-likeness (QED) is 0.498. The summed E-state index contributed by atoms with van der Waals surface area (Å²) in [4.78, 5) is 29.1. The van der Waals surface area contributed by atoms with E-state index in [0.717, 1.165) is 9.13 Å². The molecule has 0 radical (unpaired) electrons. The van der Waals surface area contributed by atoms with E-state index in [1.54, 1.807) is 18.2 Å². The highest BCUT2D eigenvalue weighted by atomic mass is 127. The molecule has 0 N–H and O–H groups in total. The van der Waals surface area contributed by atoms with Crippen LogP contribution in [0.2, 0.25) is 0 Å². The first-order chi connectivity index (χ1) is 10.6. The molecule has 0 atom stereocenters. The Bertz CT molecular complexity index is 914. The molecule has 4 nitrogen and oxygen atoms in total. The minimum absolute atomic E-state index is 0.00366. The maximum absolute atomic E-state index is 12.5. The SMILES string of the molecule is Cc1cccc2c(=O)n(CC(=O)c3ccc(I)cc3)cnc12. The number of nitrogens with zero attached hydrogens (tertiary/aromatic N) is 2. The van der Waals surface area contributed by atoms with E-state index in [1.807, 2.05) is 31.2 Å². The first kappa shape index (κ1) is 14.9. The summed E-state index contributed by atoms with van der Waals surface area (Å²) in [6, 6.07) is 12.8. The van der Waals surface area contributed by atoms with E-state index in [1.165, 1.54) is 10.9 Å². The number of ketones is 1. The summed E-state index contributed by atoms with van der Waals surface area (Å²) < 4.78 is 2.43. The molecule has 110 valence electrons. The molecule has 22 heavy (non-hydrogen) atoms. The molecule has 0 unspecified atom stereocenters. The van der Waals surface area contributed by atoms with Gasteiger partial charge < -0.3 is 0 Å². The largest absolute Gasteiger partial charge is 0.292 e. The predicted octanol–water partition coefficient (Wildman–Crippen LogP) is 3.19. The lowest BCUT2D eigenvalue weighted by molar-refractivity contribution is 0.0970. The number of hydrogen-bond acceptors (Lipinski definition) is 3. The number of carbonyl (C=O) groups excluding carboxylic acids is 1. The highest BCUT2D eigenvalue weighted by molar-refractivity contribution is 14.1. The van der Waals surface area contributed by atoms with Gasteiger partial charge in [0.1, 0.15) is 0 Å². The van der Waals surface area contributed by atoms with E-state index >= 15 is 0 Å². The van der Waals surface area contributed by atoms with Crippen LogP contribution in [0.4, 0.5) is 0 Å². The van der Waals surface area contributed by atoms with Gasteiger partial charge in [0.2, 0.25) is 0 Å². The van der Waals surface area contributed by atoms with Gasteiger partial charge in [0.05, 0.1) is 23.8 Å². The highest BCUT2D eigenvalue weighted by Crippen LogP contribution is 2.12. The minimum Gasteiger partial charge on any atom is -0.292 e. The second-order valence-electron chi connectivity index (χ2n) is 5.08. The van der Waals surface area contributed by atoms with E-state index in [-0.39, 0.29) is 17.9 Å². The van der Waals surface area contributed by atoms with E-state index in [9.17, 15) is 9.59 Å². The summed E-state index contributed by atoms with van der Waals surface area (Å²) in [6.45, 7) is 1.91. The molecule has 0 spiro atoms. The number of aromatic nitrogens is 2. The average Bonchev–Trinajstić information content (AvgIpc) is 2.51. The van der Waals surface area contributed by atoms with Gasteiger partial charge in [-0.1, -0.05) is 24.3 Å². The number of fused-ring (bicyclic) bond motifs is 1. The number of aryl methyl sites for hydroxylation is 1. The van der Waals surface area contributed by atoms with Crippen molar-refractivity contribution in [3.63, 3.8) is 0 Å². The molecule has 1 heterocycles. The summed E-state index contributed by atoms with van der Waals surface area (Å²) in [5, 5.41) is 0.540. The number of rotatable bonds is 3. The smallest absolute Gasteiger partial charge is 0.261 e. The molecule has 3 rings (SSSR count). The molecule has 0 saturated carbocycles. The molecule has 1 aromatic heterocycles. The third-order valence-corrected chi connectivity index (χ3v) is 4.25. The Hall–Kier alpha value is -2.02. The second-order valence-corrected chi connectivity index (χ2v) is 6.32. The molecule has 0 aliphatic heterocycles. The van der Waals surface area contributed by atoms with Gasteiger partial charge in [-0.15, -0.1) is 0 Å². The minimum atomic E-state index is -0.187. The Kier molecular flexibility index (Phi) is 4.06. The van der Waals surface area contributed by atoms with Crippen molar-refractivity contribution in [1.29, 1.82) is 0 Å². The first-order valence-corrected chi connectivity index (χ1v) is 7.87. The summed E-state index contributed by atoms with van der Waals surface area (Å²) in [6.07, 6.45) is 1.45. The lowest BCUT2D eigenvalue weighted by Gasteiger charge is -2.07. The Balaban J connectivity index is 1.97. The monoisotopic (exact) mass is 404 g/mol. The van der Waals surface area contributed by atoms with Crippen molar-refractivity contribution in [3.8, 4) is 0 Å². The molecule has 0 amide bonds. The van der Waals surface area contributed by atoms with E-state index in [2.05, 4.69) is 27.6 Å².